The molecule has 3 aromatic rings. The topological polar surface area (TPSA) is 95.1 Å². The standard InChI is InChI=1S/C22H21N3O4/c26-19-8-7-15-4-1-2-5-17(15)18(19)14-23-24-21(27)16-9-11-25(12-10-16)22(28)20-6-3-13-29-20/h1-8,13-14,16,26H,9-12H2,(H,24,27). The molecule has 0 radical (unpaired) electrons. The zero-order valence-electron chi connectivity index (χ0n) is 15.7. The molecular formula is C22H21N3O4. The zero-order chi connectivity index (χ0) is 20.2. The van der Waals surface area contributed by atoms with Crippen molar-refractivity contribution in [1.82, 2.24) is 10.3 Å². The summed E-state index contributed by atoms with van der Waals surface area (Å²) in [6, 6.07) is 14.4. The Kier molecular flexibility index (Phi) is 5.29. The summed E-state index contributed by atoms with van der Waals surface area (Å²) >= 11 is 0. The van der Waals surface area contributed by atoms with Crippen molar-refractivity contribution < 1.29 is 19.1 Å². The van der Waals surface area contributed by atoms with Gasteiger partial charge >= 0.3 is 0 Å². The third-order valence-electron chi connectivity index (χ3n) is 5.20. The van der Waals surface area contributed by atoms with Gasteiger partial charge in [-0.15, -0.1) is 0 Å². The van der Waals surface area contributed by atoms with Crippen LogP contribution in [0.25, 0.3) is 10.8 Å². The molecule has 0 saturated carbocycles. The van der Waals surface area contributed by atoms with Crippen molar-refractivity contribution in [2.75, 3.05) is 13.1 Å². The van der Waals surface area contributed by atoms with Crippen molar-refractivity contribution in [3.8, 4) is 5.75 Å². The molecule has 0 aliphatic carbocycles. The number of amides is 2. The van der Waals surface area contributed by atoms with E-state index in [4.69, 9.17) is 4.42 Å². The molecule has 148 valence electrons. The lowest BCUT2D eigenvalue weighted by Crippen LogP contribution is -2.42. The lowest BCUT2D eigenvalue weighted by molar-refractivity contribution is -0.126. The summed E-state index contributed by atoms with van der Waals surface area (Å²) in [5.41, 5.74) is 3.12. The molecule has 2 N–H and O–H groups in total. The molecule has 1 aliphatic rings. The quantitative estimate of drug-likeness (QED) is 0.528. The van der Waals surface area contributed by atoms with E-state index >= 15 is 0 Å². The van der Waals surface area contributed by atoms with Gasteiger partial charge in [-0.05, 0) is 41.8 Å². The Hall–Kier alpha value is -3.61. The summed E-state index contributed by atoms with van der Waals surface area (Å²) in [6.45, 7) is 0.983. The highest BCUT2D eigenvalue weighted by Crippen LogP contribution is 2.25. The van der Waals surface area contributed by atoms with E-state index < -0.39 is 0 Å². The van der Waals surface area contributed by atoms with E-state index in [1.165, 1.54) is 12.5 Å². The maximum absolute atomic E-state index is 12.4. The lowest BCUT2D eigenvalue weighted by Gasteiger charge is -2.30. The Morgan fingerprint density at radius 3 is 2.66 bits per heavy atom. The van der Waals surface area contributed by atoms with Crippen LogP contribution in [-0.2, 0) is 4.79 Å². The van der Waals surface area contributed by atoms with Crippen molar-refractivity contribution in [1.29, 1.82) is 0 Å². The smallest absolute Gasteiger partial charge is 0.289 e. The van der Waals surface area contributed by atoms with E-state index in [2.05, 4.69) is 10.5 Å². The molecule has 0 atom stereocenters. The second kappa shape index (κ2) is 8.18. The Labute approximate surface area is 167 Å². The fourth-order valence-electron chi connectivity index (χ4n) is 3.57. The fraction of sp³-hybridized carbons (Fsp3) is 0.227. The highest BCUT2D eigenvalue weighted by atomic mass is 16.3. The Balaban J connectivity index is 1.35. The number of phenols is 1. The number of benzene rings is 2. The number of aromatic hydroxyl groups is 1. The minimum absolute atomic E-state index is 0.103. The van der Waals surface area contributed by atoms with Gasteiger partial charge in [-0.1, -0.05) is 30.3 Å². The molecule has 29 heavy (non-hydrogen) atoms. The fourth-order valence-corrected chi connectivity index (χ4v) is 3.57. The normalized spacial score (nSPS) is 15.1. The SMILES string of the molecule is O=C(NN=Cc1c(O)ccc2ccccc12)C1CCN(C(=O)c2ccco2)CC1. The summed E-state index contributed by atoms with van der Waals surface area (Å²) in [5.74, 6) is -0.142. The summed E-state index contributed by atoms with van der Waals surface area (Å²) in [4.78, 5) is 26.4. The monoisotopic (exact) mass is 391 g/mol. The van der Waals surface area contributed by atoms with Crippen LogP contribution in [0.1, 0.15) is 29.0 Å². The molecule has 0 unspecified atom stereocenters. The second-order valence-electron chi connectivity index (χ2n) is 7.00. The van der Waals surface area contributed by atoms with E-state index in [9.17, 15) is 14.7 Å². The van der Waals surface area contributed by atoms with Gasteiger partial charge in [0.1, 0.15) is 5.75 Å². The Bertz CT molecular complexity index is 1050. The van der Waals surface area contributed by atoms with Gasteiger partial charge in [0, 0.05) is 24.6 Å². The summed E-state index contributed by atoms with van der Waals surface area (Å²) in [6.07, 6.45) is 4.06. The highest BCUT2D eigenvalue weighted by Gasteiger charge is 2.28. The second-order valence-corrected chi connectivity index (χ2v) is 7.00. The molecule has 2 aromatic carbocycles. The van der Waals surface area contributed by atoms with Crippen LogP contribution in [0.2, 0.25) is 0 Å². The van der Waals surface area contributed by atoms with Crippen LogP contribution in [0.5, 0.6) is 5.75 Å². The van der Waals surface area contributed by atoms with Crippen molar-refractivity contribution in [3.05, 3.63) is 66.1 Å². The van der Waals surface area contributed by atoms with Gasteiger partial charge in [0.25, 0.3) is 5.91 Å². The molecule has 1 aromatic heterocycles. The number of hydrogen-bond acceptors (Lipinski definition) is 5. The minimum atomic E-state index is -0.214. The average molecular weight is 391 g/mol. The van der Waals surface area contributed by atoms with Gasteiger partial charge in [0.05, 0.1) is 12.5 Å². The number of phenolic OH excluding ortho intramolecular Hbond substituents is 1. The molecule has 7 heteroatoms. The van der Waals surface area contributed by atoms with Crippen LogP contribution in [0.3, 0.4) is 0 Å². The van der Waals surface area contributed by atoms with Crippen molar-refractivity contribution in [2.24, 2.45) is 11.0 Å². The molecule has 4 rings (SSSR count). The highest BCUT2D eigenvalue weighted by molar-refractivity contribution is 6.02. The first-order valence-corrected chi connectivity index (χ1v) is 9.50. The van der Waals surface area contributed by atoms with Crippen LogP contribution < -0.4 is 5.43 Å². The molecule has 0 spiro atoms. The van der Waals surface area contributed by atoms with Crippen LogP contribution in [0.4, 0.5) is 0 Å². The molecular weight excluding hydrogens is 370 g/mol. The number of hydrogen-bond donors (Lipinski definition) is 2. The Morgan fingerprint density at radius 1 is 1.10 bits per heavy atom. The Morgan fingerprint density at radius 2 is 1.90 bits per heavy atom. The first-order chi connectivity index (χ1) is 14.1. The van der Waals surface area contributed by atoms with Gasteiger partial charge in [-0.25, -0.2) is 5.43 Å². The average Bonchev–Trinajstić information content (AvgIpc) is 3.30. The molecule has 2 amide bonds. The van der Waals surface area contributed by atoms with Gasteiger partial charge in [0.15, 0.2) is 5.76 Å². The summed E-state index contributed by atoms with van der Waals surface area (Å²) in [5, 5.41) is 16.0. The number of nitrogens with zero attached hydrogens (tertiary/aromatic N) is 2. The maximum atomic E-state index is 12.4. The number of carbonyl (C=O) groups excluding carboxylic acids is 2. The lowest BCUT2D eigenvalue weighted by atomic mass is 9.96. The van der Waals surface area contributed by atoms with Gasteiger partial charge in [-0.3, -0.25) is 9.59 Å². The summed E-state index contributed by atoms with van der Waals surface area (Å²) < 4.78 is 5.15. The molecule has 2 heterocycles. The van der Waals surface area contributed by atoms with Crippen LogP contribution in [-0.4, -0.2) is 41.1 Å². The van der Waals surface area contributed by atoms with Crippen LogP contribution >= 0.6 is 0 Å². The van der Waals surface area contributed by atoms with Gasteiger partial charge in [0.2, 0.25) is 5.91 Å². The van der Waals surface area contributed by atoms with E-state index in [0.717, 1.165) is 10.8 Å². The minimum Gasteiger partial charge on any atom is -0.507 e. The number of carbonyl (C=O) groups is 2. The van der Waals surface area contributed by atoms with Gasteiger partial charge in [-0.2, -0.15) is 5.10 Å². The van der Waals surface area contributed by atoms with Crippen molar-refractivity contribution in [3.63, 3.8) is 0 Å². The number of furan rings is 1. The number of piperidine rings is 1. The van der Waals surface area contributed by atoms with Crippen molar-refractivity contribution >= 4 is 28.8 Å². The van der Waals surface area contributed by atoms with E-state index in [1.54, 1.807) is 23.1 Å². The number of likely N-dealkylation sites (tertiary alicyclic amines) is 1. The van der Waals surface area contributed by atoms with Crippen LogP contribution in [0.15, 0.2) is 64.3 Å². The summed E-state index contributed by atoms with van der Waals surface area (Å²) in [7, 11) is 0. The first kappa shape index (κ1) is 18.7. The zero-order valence-corrected chi connectivity index (χ0v) is 15.7. The van der Waals surface area contributed by atoms with Gasteiger partial charge < -0.3 is 14.4 Å². The molecule has 1 aliphatic heterocycles. The predicted octanol–water partition coefficient (Wildman–Crippen LogP) is 3.14. The van der Waals surface area contributed by atoms with E-state index in [0.29, 0.717) is 37.3 Å². The van der Waals surface area contributed by atoms with E-state index in [1.807, 2.05) is 30.3 Å². The molecule has 7 nitrogen and oxygen atoms in total. The van der Waals surface area contributed by atoms with Crippen LogP contribution in [0, 0.1) is 5.92 Å². The number of hydrazone groups is 1. The maximum Gasteiger partial charge on any atom is 0.289 e. The molecule has 1 saturated heterocycles. The number of nitrogens with one attached hydrogen (secondary N) is 1. The van der Waals surface area contributed by atoms with E-state index in [-0.39, 0.29) is 23.5 Å². The largest absolute Gasteiger partial charge is 0.507 e. The number of rotatable bonds is 4. The molecule has 1 fully saturated rings. The van der Waals surface area contributed by atoms with Crippen molar-refractivity contribution in [2.45, 2.75) is 12.8 Å². The predicted molar refractivity (Wildman–Crippen MR) is 109 cm³/mol. The third-order valence-corrected chi connectivity index (χ3v) is 5.20. The number of fused-ring (bicyclic) bond motifs is 1. The first-order valence-electron chi connectivity index (χ1n) is 9.50. The molecule has 0 bridgehead atoms. The third kappa shape index (κ3) is 3.99.